The van der Waals surface area contributed by atoms with Gasteiger partial charge in [0.25, 0.3) is 0 Å². The van der Waals surface area contributed by atoms with Gasteiger partial charge in [0.2, 0.25) is 0 Å². The number of nitrogens with one attached hydrogen (secondary N) is 1. The third kappa shape index (κ3) is 3.07. The number of hydrogen-bond acceptors (Lipinski definition) is 3. The molecule has 0 radical (unpaired) electrons. The Labute approximate surface area is 115 Å². The standard InChI is InChI=1S/C14H16BrNO2/c1-3-11-5-6-12(18-11)9-16-13-8-10(15)4-7-14(13)17-2/h4-8,16H,3,9H2,1-2H3. The highest BCUT2D eigenvalue weighted by molar-refractivity contribution is 9.10. The average Bonchev–Trinajstić information content (AvgIpc) is 2.84. The number of methoxy groups -OCH3 is 1. The zero-order valence-corrected chi connectivity index (χ0v) is 12.1. The zero-order valence-electron chi connectivity index (χ0n) is 10.5. The van der Waals surface area contributed by atoms with Gasteiger partial charge in [0.15, 0.2) is 0 Å². The Hall–Kier alpha value is -1.42. The van der Waals surface area contributed by atoms with Gasteiger partial charge in [-0.15, -0.1) is 0 Å². The third-order valence-electron chi connectivity index (χ3n) is 2.68. The molecule has 1 aromatic heterocycles. The highest BCUT2D eigenvalue weighted by atomic mass is 79.9. The van der Waals surface area contributed by atoms with Crippen molar-refractivity contribution < 1.29 is 9.15 Å². The maximum atomic E-state index is 5.64. The summed E-state index contributed by atoms with van der Waals surface area (Å²) in [5.74, 6) is 2.75. The molecular formula is C14H16BrNO2. The molecule has 2 aromatic rings. The van der Waals surface area contributed by atoms with Crippen LogP contribution in [0.25, 0.3) is 0 Å². The van der Waals surface area contributed by atoms with Crippen LogP contribution >= 0.6 is 15.9 Å². The number of halogens is 1. The highest BCUT2D eigenvalue weighted by Gasteiger charge is 2.05. The zero-order chi connectivity index (χ0) is 13.0. The van der Waals surface area contributed by atoms with Crippen molar-refractivity contribution in [3.63, 3.8) is 0 Å². The fraction of sp³-hybridized carbons (Fsp3) is 0.286. The van der Waals surface area contributed by atoms with Gasteiger partial charge < -0.3 is 14.5 Å². The van der Waals surface area contributed by atoms with Gasteiger partial charge in [-0.1, -0.05) is 22.9 Å². The minimum Gasteiger partial charge on any atom is -0.495 e. The van der Waals surface area contributed by atoms with Crippen molar-refractivity contribution in [3.05, 3.63) is 46.3 Å². The number of ether oxygens (including phenoxy) is 1. The molecule has 0 fully saturated rings. The van der Waals surface area contributed by atoms with Crippen molar-refractivity contribution in [1.29, 1.82) is 0 Å². The van der Waals surface area contributed by atoms with Crippen molar-refractivity contribution in [2.24, 2.45) is 0 Å². The smallest absolute Gasteiger partial charge is 0.142 e. The van der Waals surface area contributed by atoms with Gasteiger partial charge in [0.05, 0.1) is 19.3 Å². The SMILES string of the molecule is CCc1ccc(CNc2cc(Br)ccc2OC)o1. The predicted octanol–water partition coefficient (Wildman–Crippen LogP) is 4.23. The summed E-state index contributed by atoms with van der Waals surface area (Å²) in [6.07, 6.45) is 0.917. The quantitative estimate of drug-likeness (QED) is 0.897. The highest BCUT2D eigenvalue weighted by Crippen LogP contribution is 2.28. The van der Waals surface area contributed by atoms with Crippen molar-refractivity contribution in [1.82, 2.24) is 0 Å². The van der Waals surface area contributed by atoms with Gasteiger partial charge in [0, 0.05) is 10.9 Å². The van der Waals surface area contributed by atoms with Crippen molar-refractivity contribution in [3.8, 4) is 5.75 Å². The van der Waals surface area contributed by atoms with Crippen LogP contribution in [0.3, 0.4) is 0 Å². The third-order valence-corrected chi connectivity index (χ3v) is 3.17. The molecule has 4 heteroatoms. The molecule has 0 saturated carbocycles. The monoisotopic (exact) mass is 309 g/mol. The lowest BCUT2D eigenvalue weighted by molar-refractivity contribution is 0.416. The molecule has 1 heterocycles. The first kappa shape index (κ1) is 13.0. The van der Waals surface area contributed by atoms with Gasteiger partial charge >= 0.3 is 0 Å². The number of aryl methyl sites for hydroxylation is 1. The molecule has 0 unspecified atom stereocenters. The largest absolute Gasteiger partial charge is 0.495 e. The Morgan fingerprint density at radius 1 is 1.22 bits per heavy atom. The van der Waals surface area contributed by atoms with Crippen LogP contribution in [-0.4, -0.2) is 7.11 Å². The van der Waals surface area contributed by atoms with Crippen LogP contribution in [0.1, 0.15) is 18.4 Å². The predicted molar refractivity (Wildman–Crippen MR) is 76.1 cm³/mol. The first-order chi connectivity index (χ1) is 8.72. The van der Waals surface area contributed by atoms with E-state index in [1.165, 1.54) is 0 Å². The summed E-state index contributed by atoms with van der Waals surface area (Å²) in [5, 5.41) is 3.31. The minimum atomic E-state index is 0.646. The number of furan rings is 1. The molecular weight excluding hydrogens is 294 g/mol. The minimum absolute atomic E-state index is 0.646. The van der Waals surface area contributed by atoms with Crippen LogP contribution in [0.2, 0.25) is 0 Å². The molecule has 2 rings (SSSR count). The molecule has 1 N–H and O–H groups in total. The first-order valence-electron chi connectivity index (χ1n) is 5.88. The topological polar surface area (TPSA) is 34.4 Å². The molecule has 1 aromatic carbocycles. The number of anilines is 1. The maximum absolute atomic E-state index is 5.64. The summed E-state index contributed by atoms with van der Waals surface area (Å²) in [6, 6.07) is 9.87. The second kappa shape index (κ2) is 5.96. The fourth-order valence-electron chi connectivity index (χ4n) is 1.71. The van der Waals surface area contributed by atoms with Crippen LogP contribution < -0.4 is 10.1 Å². The van der Waals surface area contributed by atoms with Gasteiger partial charge in [-0.2, -0.15) is 0 Å². The molecule has 0 amide bonds. The van der Waals surface area contributed by atoms with E-state index in [1.54, 1.807) is 7.11 Å². The Morgan fingerprint density at radius 3 is 2.67 bits per heavy atom. The van der Waals surface area contributed by atoms with E-state index >= 15 is 0 Å². The molecule has 0 aliphatic rings. The summed E-state index contributed by atoms with van der Waals surface area (Å²) in [6.45, 7) is 2.72. The Balaban J connectivity index is 2.07. The molecule has 3 nitrogen and oxygen atoms in total. The number of hydrogen-bond donors (Lipinski definition) is 1. The Bertz CT molecular complexity index is 522. The lowest BCUT2D eigenvalue weighted by atomic mass is 10.3. The van der Waals surface area contributed by atoms with Crippen LogP contribution in [0.4, 0.5) is 5.69 Å². The van der Waals surface area contributed by atoms with Crippen LogP contribution in [0, 0.1) is 0 Å². The molecule has 0 bridgehead atoms. The van der Waals surface area contributed by atoms with Crippen LogP contribution in [0.15, 0.2) is 39.2 Å². The van der Waals surface area contributed by atoms with Crippen molar-refractivity contribution in [2.75, 3.05) is 12.4 Å². The van der Waals surface area contributed by atoms with Crippen LogP contribution in [0.5, 0.6) is 5.75 Å². The van der Waals surface area contributed by atoms with Gasteiger partial charge in [-0.3, -0.25) is 0 Å². The Morgan fingerprint density at radius 2 is 2.00 bits per heavy atom. The van der Waals surface area contributed by atoms with E-state index in [-0.39, 0.29) is 0 Å². The summed E-state index contributed by atoms with van der Waals surface area (Å²) in [4.78, 5) is 0. The summed E-state index contributed by atoms with van der Waals surface area (Å²) < 4.78 is 12.0. The van der Waals surface area contributed by atoms with E-state index in [2.05, 4.69) is 28.2 Å². The van der Waals surface area contributed by atoms with Gasteiger partial charge in [-0.25, -0.2) is 0 Å². The molecule has 18 heavy (non-hydrogen) atoms. The molecule has 0 saturated heterocycles. The van der Waals surface area contributed by atoms with Crippen molar-refractivity contribution >= 4 is 21.6 Å². The molecule has 0 aliphatic heterocycles. The Kier molecular flexibility index (Phi) is 4.31. The number of rotatable bonds is 5. The first-order valence-corrected chi connectivity index (χ1v) is 6.67. The van der Waals surface area contributed by atoms with E-state index in [0.29, 0.717) is 6.54 Å². The second-order valence-corrected chi connectivity index (χ2v) is 4.84. The molecule has 0 atom stereocenters. The summed E-state index contributed by atoms with van der Waals surface area (Å²) in [7, 11) is 1.66. The van der Waals surface area contributed by atoms with Gasteiger partial charge in [-0.05, 0) is 30.3 Å². The maximum Gasteiger partial charge on any atom is 0.142 e. The fourth-order valence-corrected chi connectivity index (χ4v) is 2.07. The summed E-state index contributed by atoms with van der Waals surface area (Å²) in [5.41, 5.74) is 0.946. The van der Waals surface area contributed by atoms with E-state index in [0.717, 1.165) is 33.9 Å². The van der Waals surface area contributed by atoms with E-state index < -0.39 is 0 Å². The molecule has 96 valence electrons. The second-order valence-electron chi connectivity index (χ2n) is 3.92. The lowest BCUT2D eigenvalue weighted by Crippen LogP contribution is -2.00. The van der Waals surface area contributed by atoms with E-state index in [4.69, 9.17) is 9.15 Å². The normalized spacial score (nSPS) is 10.4. The summed E-state index contributed by atoms with van der Waals surface area (Å²) >= 11 is 3.45. The molecule has 0 spiro atoms. The van der Waals surface area contributed by atoms with Crippen LogP contribution in [-0.2, 0) is 13.0 Å². The van der Waals surface area contributed by atoms with E-state index in [9.17, 15) is 0 Å². The average molecular weight is 310 g/mol. The molecule has 0 aliphatic carbocycles. The van der Waals surface area contributed by atoms with Crippen molar-refractivity contribution in [2.45, 2.75) is 19.9 Å². The number of benzene rings is 1. The van der Waals surface area contributed by atoms with Gasteiger partial charge in [0.1, 0.15) is 17.3 Å². The lowest BCUT2D eigenvalue weighted by Gasteiger charge is -2.10. The van der Waals surface area contributed by atoms with E-state index in [1.807, 2.05) is 30.3 Å².